The average molecular weight is 610 g/mol. The summed E-state index contributed by atoms with van der Waals surface area (Å²) in [5, 5.41) is 2.20. The zero-order valence-corrected chi connectivity index (χ0v) is 24.5. The molecule has 224 valence electrons. The van der Waals surface area contributed by atoms with Gasteiger partial charge in [0.2, 0.25) is 0 Å². The fourth-order valence-electron chi connectivity index (χ4n) is 5.74. The number of methoxy groups -OCH3 is 1. The standard InChI is InChI=1S/C30H30ClF2N7O3/c1-17(32)29(41)40-9-7-39(8-10-40)28-22-14-35-26(21-13-34-12-18-5-4-6-23(31)24(18)21)25(33)27(22)36-30(37-28)43-16-19-11-20(42-3)15-38(19)2/h4-6,12-14,19-20H,1,7-11,15-16H2,2-3H3/t19-,20+/m0/s1. The van der Waals surface area contributed by atoms with Crippen LogP contribution in [0.2, 0.25) is 5.02 Å². The highest BCUT2D eigenvalue weighted by atomic mass is 35.5. The van der Waals surface area contributed by atoms with Gasteiger partial charge in [0.05, 0.1) is 11.5 Å². The van der Waals surface area contributed by atoms with Crippen LogP contribution >= 0.6 is 11.6 Å². The molecule has 6 rings (SSSR count). The first-order chi connectivity index (χ1) is 20.7. The maximum absolute atomic E-state index is 16.5. The fraction of sp³-hybridized carbons (Fsp3) is 0.367. The van der Waals surface area contributed by atoms with Gasteiger partial charge in [0, 0.05) is 85.8 Å². The van der Waals surface area contributed by atoms with Crippen molar-refractivity contribution in [2.45, 2.75) is 18.6 Å². The predicted molar refractivity (Wildman–Crippen MR) is 159 cm³/mol. The van der Waals surface area contributed by atoms with E-state index in [-0.39, 0.29) is 49.1 Å². The van der Waals surface area contributed by atoms with Crippen molar-refractivity contribution in [3.05, 3.63) is 60.0 Å². The first kappa shape index (κ1) is 29.1. The van der Waals surface area contributed by atoms with Gasteiger partial charge in [-0.05, 0) is 19.5 Å². The zero-order valence-electron chi connectivity index (χ0n) is 23.8. The topological polar surface area (TPSA) is 96.8 Å². The third kappa shape index (κ3) is 5.57. The lowest BCUT2D eigenvalue weighted by Gasteiger charge is -2.35. The van der Waals surface area contributed by atoms with Gasteiger partial charge >= 0.3 is 6.01 Å². The van der Waals surface area contributed by atoms with Crippen molar-refractivity contribution in [3.63, 3.8) is 0 Å². The van der Waals surface area contributed by atoms with Crippen LogP contribution in [0.4, 0.5) is 14.6 Å². The summed E-state index contributed by atoms with van der Waals surface area (Å²) in [7, 11) is 3.68. The lowest BCUT2D eigenvalue weighted by Crippen LogP contribution is -2.49. The number of ether oxygens (including phenoxy) is 2. The van der Waals surface area contributed by atoms with Gasteiger partial charge in [-0.3, -0.25) is 19.7 Å². The smallest absolute Gasteiger partial charge is 0.319 e. The number of aromatic nitrogens is 4. The summed E-state index contributed by atoms with van der Waals surface area (Å²) >= 11 is 6.52. The average Bonchev–Trinajstić information content (AvgIpc) is 3.39. The van der Waals surface area contributed by atoms with E-state index < -0.39 is 17.6 Å². The maximum atomic E-state index is 16.5. The second kappa shape index (κ2) is 11.9. The Balaban J connectivity index is 1.40. The molecule has 1 amide bonds. The summed E-state index contributed by atoms with van der Waals surface area (Å²) in [6, 6.07) is 5.46. The molecule has 43 heavy (non-hydrogen) atoms. The van der Waals surface area contributed by atoms with Gasteiger partial charge in [0.1, 0.15) is 23.6 Å². The number of fused-ring (bicyclic) bond motifs is 2. The largest absolute Gasteiger partial charge is 0.462 e. The van der Waals surface area contributed by atoms with Gasteiger partial charge in [-0.1, -0.05) is 30.3 Å². The molecule has 10 nitrogen and oxygen atoms in total. The van der Waals surface area contributed by atoms with Crippen molar-refractivity contribution in [3.8, 4) is 17.3 Å². The number of hydrogen-bond acceptors (Lipinski definition) is 9. The maximum Gasteiger partial charge on any atom is 0.319 e. The summed E-state index contributed by atoms with van der Waals surface area (Å²) in [5.74, 6) is -2.01. The summed E-state index contributed by atoms with van der Waals surface area (Å²) in [6.45, 7) is 5.31. The molecule has 5 heterocycles. The van der Waals surface area contributed by atoms with Crippen LogP contribution in [0.15, 0.2) is 49.2 Å². The van der Waals surface area contributed by atoms with Crippen LogP contribution in [0, 0.1) is 5.82 Å². The molecule has 0 unspecified atom stereocenters. The molecule has 2 aliphatic heterocycles. The van der Waals surface area contributed by atoms with Gasteiger partial charge in [-0.25, -0.2) is 8.78 Å². The number of hydrogen-bond donors (Lipinski definition) is 0. The molecule has 1 aromatic carbocycles. The number of anilines is 1. The lowest BCUT2D eigenvalue weighted by molar-refractivity contribution is -0.128. The molecule has 0 spiro atoms. The van der Waals surface area contributed by atoms with E-state index in [2.05, 4.69) is 31.4 Å². The Labute approximate surface area is 251 Å². The van der Waals surface area contributed by atoms with Gasteiger partial charge in [-0.15, -0.1) is 0 Å². The van der Waals surface area contributed by atoms with Crippen molar-refractivity contribution in [2.75, 3.05) is 58.4 Å². The monoisotopic (exact) mass is 609 g/mol. The molecule has 4 aromatic rings. The molecular formula is C30H30ClF2N7O3. The van der Waals surface area contributed by atoms with Crippen molar-refractivity contribution in [2.24, 2.45) is 0 Å². The number of nitrogens with zero attached hydrogens (tertiary/aromatic N) is 7. The minimum absolute atomic E-state index is 0.0116. The van der Waals surface area contributed by atoms with E-state index in [1.165, 1.54) is 17.3 Å². The first-order valence-corrected chi connectivity index (χ1v) is 14.3. The third-order valence-electron chi connectivity index (χ3n) is 8.12. The molecule has 2 fully saturated rings. The molecule has 2 aliphatic rings. The van der Waals surface area contributed by atoms with Gasteiger partial charge in [-0.2, -0.15) is 9.97 Å². The van der Waals surface area contributed by atoms with Crippen molar-refractivity contribution >= 4 is 45.0 Å². The van der Waals surface area contributed by atoms with E-state index in [9.17, 15) is 9.18 Å². The fourth-order valence-corrected chi connectivity index (χ4v) is 6.03. The van der Waals surface area contributed by atoms with Gasteiger partial charge < -0.3 is 19.3 Å². The Kier molecular flexibility index (Phi) is 8.08. The van der Waals surface area contributed by atoms with Gasteiger partial charge in [0.25, 0.3) is 5.91 Å². The van der Waals surface area contributed by atoms with Crippen LogP contribution in [0.1, 0.15) is 6.42 Å². The number of likely N-dealkylation sites (N-methyl/N-ethyl adjacent to an activating group) is 1. The second-order valence-electron chi connectivity index (χ2n) is 10.7. The Morgan fingerprint density at radius 2 is 1.95 bits per heavy atom. The normalized spacial score (nSPS) is 19.4. The minimum Gasteiger partial charge on any atom is -0.462 e. The highest BCUT2D eigenvalue weighted by molar-refractivity contribution is 6.36. The summed E-state index contributed by atoms with van der Waals surface area (Å²) < 4.78 is 41.5. The Morgan fingerprint density at radius 3 is 2.67 bits per heavy atom. The molecular weight excluding hydrogens is 580 g/mol. The number of carbonyl (C=O) groups is 1. The molecule has 2 saturated heterocycles. The van der Waals surface area contributed by atoms with Gasteiger partial charge in [0.15, 0.2) is 11.6 Å². The number of pyridine rings is 2. The second-order valence-corrected chi connectivity index (χ2v) is 11.1. The van der Waals surface area contributed by atoms with Crippen molar-refractivity contribution in [1.29, 1.82) is 0 Å². The molecule has 0 saturated carbocycles. The Bertz CT molecular complexity index is 1710. The van der Waals surface area contributed by atoms with E-state index >= 15 is 4.39 Å². The van der Waals surface area contributed by atoms with Crippen LogP contribution in [-0.4, -0.2) is 101 Å². The molecule has 0 bridgehead atoms. The highest BCUT2D eigenvalue weighted by Crippen LogP contribution is 2.37. The van der Waals surface area contributed by atoms with Crippen LogP contribution in [0.3, 0.4) is 0 Å². The molecule has 13 heteroatoms. The van der Waals surface area contributed by atoms with Crippen LogP contribution < -0.4 is 9.64 Å². The number of carbonyl (C=O) groups excluding carboxylic acids is 1. The summed E-state index contributed by atoms with van der Waals surface area (Å²) in [6.07, 6.45) is 5.59. The lowest BCUT2D eigenvalue weighted by atomic mass is 10.0. The number of piperazine rings is 1. The SMILES string of the molecule is C=C(F)C(=O)N1CCN(c2nc(OC[C@@H]3C[C@@H](OC)CN3C)nc3c(F)c(-c4cncc5cccc(Cl)c45)ncc23)CC1. The number of amides is 1. The third-order valence-corrected chi connectivity index (χ3v) is 8.43. The molecule has 0 radical (unpaired) electrons. The number of likely N-dealkylation sites (tertiary alicyclic amines) is 1. The zero-order chi connectivity index (χ0) is 30.2. The Hall–Kier alpha value is -4.00. The Morgan fingerprint density at radius 1 is 1.16 bits per heavy atom. The van der Waals surface area contributed by atoms with Crippen LogP contribution in [0.25, 0.3) is 32.9 Å². The van der Waals surface area contributed by atoms with Crippen LogP contribution in [-0.2, 0) is 9.53 Å². The van der Waals surface area contributed by atoms with E-state index in [1.807, 2.05) is 18.0 Å². The quantitative estimate of drug-likeness (QED) is 0.285. The van der Waals surface area contributed by atoms with E-state index in [0.717, 1.165) is 18.4 Å². The number of halogens is 3. The minimum atomic E-state index is -1.01. The van der Waals surface area contributed by atoms with E-state index in [4.69, 9.17) is 21.1 Å². The van der Waals surface area contributed by atoms with E-state index in [1.54, 1.807) is 25.4 Å². The molecule has 2 atom stereocenters. The molecule has 0 N–H and O–H groups in total. The predicted octanol–water partition coefficient (Wildman–Crippen LogP) is 4.26. The highest BCUT2D eigenvalue weighted by Gasteiger charge is 2.31. The van der Waals surface area contributed by atoms with Crippen LogP contribution in [0.5, 0.6) is 6.01 Å². The first-order valence-electron chi connectivity index (χ1n) is 13.9. The molecule has 3 aromatic heterocycles. The molecule has 0 aliphatic carbocycles. The summed E-state index contributed by atoms with van der Waals surface area (Å²) in [5.41, 5.74) is 0.505. The van der Waals surface area contributed by atoms with Crippen molar-refractivity contribution < 1.29 is 23.0 Å². The number of rotatable bonds is 7. The summed E-state index contributed by atoms with van der Waals surface area (Å²) in [4.78, 5) is 35.5. The number of benzene rings is 1. The van der Waals surface area contributed by atoms with Crippen molar-refractivity contribution in [1.82, 2.24) is 29.7 Å². The van der Waals surface area contributed by atoms with E-state index in [0.29, 0.717) is 40.3 Å².